The maximum absolute atomic E-state index is 4.13. The van der Waals surface area contributed by atoms with E-state index in [2.05, 4.69) is 47.2 Å². The van der Waals surface area contributed by atoms with Crippen LogP contribution >= 0.6 is 0 Å². The Hall–Kier alpha value is -1.83. The maximum Gasteiger partial charge on any atom is 0.0927 e. The Balaban J connectivity index is 2.02. The number of nitrogens with one attached hydrogen (secondary N) is 1. The van der Waals surface area contributed by atoms with Crippen molar-refractivity contribution < 1.29 is 0 Å². The van der Waals surface area contributed by atoms with Crippen LogP contribution in [-0.4, -0.2) is 9.97 Å². The molecule has 0 fully saturated rings. The molecule has 0 saturated heterocycles. The van der Waals surface area contributed by atoms with Gasteiger partial charge in [0.2, 0.25) is 0 Å². The van der Waals surface area contributed by atoms with E-state index in [4.69, 9.17) is 0 Å². The van der Waals surface area contributed by atoms with E-state index in [-0.39, 0.29) is 0 Å². The van der Waals surface area contributed by atoms with Crippen LogP contribution in [0.3, 0.4) is 0 Å². The van der Waals surface area contributed by atoms with Crippen LogP contribution in [0.15, 0.2) is 42.9 Å². The lowest BCUT2D eigenvalue weighted by Crippen LogP contribution is -1.85. The summed E-state index contributed by atoms with van der Waals surface area (Å²) in [5.74, 6) is 0. The van der Waals surface area contributed by atoms with Crippen LogP contribution in [0.5, 0.6) is 0 Å². The average molecular weight is 198 g/mol. The van der Waals surface area contributed by atoms with Crippen molar-refractivity contribution in [2.45, 2.75) is 13.3 Å². The molecule has 0 radical (unpaired) electrons. The molecule has 0 saturated carbocycles. The molecule has 2 aromatic rings. The fraction of sp³-hybridized carbons (Fsp3) is 0.154. The van der Waals surface area contributed by atoms with E-state index in [1.54, 1.807) is 6.33 Å². The normalized spacial score (nSPS) is 11.0. The molecule has 1 N–H and O–H groups in total. The lowest BCUT2D eigenvalue weighted by Gasteiger charge is -2.00. The van der Waals surface area contributed by atoms with Crippen molar-refractivity contribution in [2.75, 3.05) is 0 Å². The molecule has 0 unspecified atom stereocenters. The topological polar surface area (TPSA) is 28.7 Å². The summed E-state index contributed by atoms with van der Waals surface area (Å²) in [6.07, 6.45) is 8.70. The lowest BCUT2D eigenvalue weighted by molar-refractivity contribution is 1.22. The number of aryl methyl sites for hydroxylation is 1. The van der Waals surface area contributed by atoms with Crippen LogP contribution in [0.2, 0.25) is 0 Å². The molecule has 0 atom stereocenters. The van der Waals surface area contributed by atoms with Gasteiger partial charge in [-0.1, -0.05) is 30.3 Å². The van der Waals surface area contributed by atoms with E-state index in [0.29, 0.717) is 0 Å². The van der Waals surface area contributed by atoms with E-state index in [9.17, 15) is 0 Å². The van der Waals surface area contributed by atoms with Crippen LogP contribution in [-0.2, 0) is 6.42 Å². The first-order chi connectivity index (χ1) is 7.36. The Morgan fingerprint density at radius 1 is 1.33 bits per heavy atom. The minimum atomic E-state index is 0.958. The summed E-state index contributed by atoms with van der Waals surface area (Å²) in [4.78, 5) is 7.05. The van der Waals surface area contributed by atoms with Crippen LogP contribution in [0.25, 0.3) is 6.08 Å². The fourth-order valence-electron chi connectivity index (χ4n) is 1.51. The fourth-order valence-corrected chi connectivity index (χ4v) is 1.51. The molecular weight excluding hydrogens is 184 g/mol. The Bertz CT molecular complexity index is 441. The Kier molecular flexibility index (Phi) is 2.98. The first-order valence-corrected chi connectivity index (χ1v) is 5.06. The highest BCUT2D eigenvalue weighted by Crippen LogP contribution is 2.08. The van der Waals surface area contributed by atoms with Gasteiger partial charge in [-0.2, -0.15) is 0 Å². The summed E-state index contributed by atoms with van der Waals surface area (Å²) in [5.41, 5.74) is 3.68. The predicted molar refractivity (Wildman–Crippen MR) is 62.5 cm³/mol. The van der Waals surface area contributed by atoms with Crippen LogP contribution in [0.4, 0.5) is 0 Å². The second kappa shape index (κ2) is 4.60. The second-order valence-corrected chi connectivity index (χ2v) is 3.53. The highest BCUT2D eigenvalue weighted by Gasteiger charge is 1.93. The standard InChI is InChI=1S/C13H14N2/c1-11-5-2-3-6-12(11)7-4-8-13-9-14-10-15-13/h2-6,8-10H,7H2,1H3,(H,14,15). The largest absolute Gasteiger partial charge is 0.351 e. The Labute approximate surface area is 89.7 Å². The van der Waals surface area contributed by atoms with Gasteiger partial charge in [0.1, 0.15) is 0 Å². The summed E-state index contributed by atoms with van der Waals surface area (Å²) in [5, 5.41) is 0. The third-order valence-corrected chi connectivity index (χ3v) is 2.41. The molecule has 2 heteroatoms. The lowest BCUT2D eigenvalue weighted by atomic mass is 10.1. The van der Waals surface area contributed by atoms with E-state index in [1.165, 1.54) is 11.1 Å². The monoisotopic (exact) mass is 198 g/mol. The summed E-state index contributed by atoms with van der Waals surface area (Å²) in [6.45, 7) is 2.14. The number of hydrogen-bond donors (Lipinski definition) is 1. The molecular formula is C13H14N2. The molecule has 1 aromatic heterocycles. The molecule has 0 aliphatic carbocycles. The zero-order valence-corrected chi connectivity index (χ0v) is 8.77. The van der Waals surface area contributed by atoms with Gasteiger partial charge in [0.25, 0.3) is 0 Å². The van der Waals surface area contributed by atoms with Gasteiger partial charge in [0, 0.05) is 6.20 Å². The number of H-pyrrole nitrogens is 1. The van der Waals surface area contributed by atoms with Crippen molar-refractivity contribution in [3.8, 4) is 0 Å². The van der Waals surface area contributed by atoms with Crippen molar-refractivity contribution in [2.24, 2.45) is 0 Å². The number of hydrogen-bond acceptors (Lipinski definition) is 1. The number of nitrogens with zero attached hydrogens (tertiary/aromatic N) is 1. The molecule has 2 nitrogen and oxygen atoms in total. The number of imidazole rings is 1. The predicted octanol–water partition coefficient (Wildman–Crippen LogP) is 2.97. The highest BCUT2D eigenvalue weighted by atomic mass is 14.8. The minimum Gasteiger partial charge on any atom is -0.351 e. The van der Waals surface area contributed by atoms with Crippen molar-refractivity contribution in [3.63, 3.8) is 0 Å². The van der Waals surface area contributed by atoms with E-state index in [1.807, 2.05) is 12.3 Å². The first-order valence-electron chi connectivity index (χ1n) is 5.06. The molecule has 1 aromatic carbocycles. The summed E-state index contributed by atoms with van der Waals surface area (Å²) < 4.78 is 0. The number of allylic oxidation sites excluding steroid dienone is 1. The quantitative estimate of drug-likeness (QED) is 0.807. The summed E-state index contributed by atoms with van der Waals surface area (Å²) >= 11 is 0. The van der Waals surface area contributed by atoms with Gasteiger partial charge >= 0.3 is 0 Å². The smallest absolute Gasteiger partial charge is 0.0927 e. The van der Waals surface area contributed by atoms with Crippen molar-refractivity contribution in [1.29, 1.82) is 0 Å². The van der Waals surface area contributed by atoms with Gasteiger partial charge < -0.3 is 4.98 Å². The van der Waals surface area contributed by atoms with Crippen molar-refractivity contribution in [1.82, 2.24) is 9.97 Å². The third-order valence-electron chi connectivity index (χ3n) is 2.41. The van der Waals surface area contributed by atoms with Gasteiger partial charge in [0.05, 0.1) is 12.0 Å². The molecule has 0 aliphatic rings. The van der Waals surface area contributed by atoms with E-state index < -0.39 is 0 Å². The minimum absolute atomic E-state index is 0.958. The SMILES string of the molecule is Cc1ccccc1CC=Cc1c[nH]cn1. The van der Waals surface area contributed by atoms with E-state index in [0.717, 1.165) is 12.1 Å². The van der Waals surface area contributed by atoms with Crippen molar-refractivity contribution >= 4 is 6.08 Å². The molecule has 1 heterocycles. The van der Waals surface area contributed by atoms with Crippen molar-refractivity contribution in [3.05, 3.63) is 59.7 Å². The van der Waals surface area contributed by atoms with Gasteiger partial charge in [-0.15, -0.1) is 0 Å². The Morgan fingerprint density at radius 3 is 2.93 bits per heavy atom. The molecule has 0 aliphatic heterocycles. The number of aromatic amines is 1. The zero-order chi connectivity index (χ0) is 10.5. The molecule has 0 spiro atoms. The first kappa shape index (κ1) is 9.71. The third kappa shape index (κ3) is 2.56. The van der Waals surface area contributed by atoms with Crippen LogP contribution < -0.4 is 0 Å². The van der Waals surface area contributed by atoms with Crippen LogP contribution in [0, 0.1) is 6.92 Å². The number of benzene rings is 1. The number of aromatic nitrogens is 2. The Morgan fingerprint density at radius 2 is 2.20 bits per heavy atom. The molecule has 76 valence electrons. The van der Waals surface area contributed by atoms with Crippen LogP contribution in [0.1, 0.15) is 16.8 Å². The average Bonchev–Trinajstić information content (AvgIpc) is 2.74. The van der Waals surface area contributed by atoms with Gasteiger partial charge in [0.15, 0.2) is 0 Å². The number of rotatable bonds is 3. The highest BCUT2D eigenvalue weighted by molar-refractivity contribution is 5.44. The van der Waals surface area contributed by atoms with E-state index >= 15 is 0 Å². The second-order valence-electron chi connectivity index (χ2n) is 3.53. The zero-order valence-electron chi connectivity index (χ0n) is 8.77. The summed E-state index contributed by atoms with van der Waals surface area (Å²) in [6, 6.07) is 8.43. The maximum atomic E-state index is 4.13. The molecule has 15 heavy (non-hydrogen) atoms. The summed E-state index contributed by atoms with van der Waals surface area (Å²) in [7, 11) is 0. The van der Waals surface area contributed by atoms with Gasteiger partial charge in [-0.3, -0.25) is 0 Å². The molecule has 2 rings (SSSR count). The van der Waals surface area contributed by atoms with Gasteiger partial charge in [-0.05, 0) is 30.5 Å². The molecule has 0 amide bonds. The van der Waals surface area contributed by atoms with Gasteiger partial charge in [-0.25, -0.2) is 4.98 Å². The molecule has 0 bridgehead atoms.